The standard InChI is InChI=1S/C14H16BrFN2S/c1-14(2)5-3-4-12(14)18-11-6-8(15)9(16)7-10(11)17-13(18)19/h6-7,12H,3-5H2,1-2H3,(H,17,19). The van der Waals surface area contributed by atoms with Gasteiger partial charge in [-0.3, -0.25) is 0 Å². The van der Waals surface area contributed by atoms with E-state index in [1.807, 2.05) is 6.07 Å². The minimum absolute atomic E-state index is 0.230. The predicted molar refractivity (Wildman–Crippen MR) is 81.4 cm³/mol. The van der Waals surface area contributed by atoms with E-state index in [0.717, 1.165) is 17.5 Å². The van der Waals surface area contributed by atoms with Crippen LogP contribution in [0, 0.1) is 16.0 Å². The highest BCUT2D eigenvalue weighted by atomic mass is 79.9. The van der Waals surface area contributed by atoms with Gasteiger partial charge in [-0.05, 0) is 52.5 Å². The first-order valence-corrected chi connectivity index (χ1v) is 7.69. The second-order valence-electron chi connectivity index (χ2n) is 5.98. The van der Waals surface area contributed by atoms with E-state index in [0.29, 0.717) is 15.3 Å². The zero-order valence-electron chi connectivity index (χ0n) is 11.0. The van der Waals surface area contributed by atoms with Crippen molar-refractivity contribution in [3.63, 3.8) is 0 Å². The second kappa shape index (κ2) is 4.42. The van der Waals surface area contributed by atoms with Crippen molar-refractivity contribution in [2.75, 3.05) is 0 Å². The molecule has 1 atom stereocenters. The molecule has 0 radical (unpaired) electrons. The summed E-state index contributed by atoms with van der Waals surface area (Å²) >= 11 is 8.71. The number of nitrogens with one attached hydrogen (secondary N) is 1. The van der Waals surface area contributed by atoms with Crippen LogP contribution in [0.5, 0.6) is 0 Å². The molecule has 1 aliphatic rings. The molecule has 3 rings (SSSR count). The molecule has 102 valence electrons. The van der Waals surface area contributed by atoms with Crippen LogP contribution in [0.1, 0.15) is 39.2 Å². The Morgan fingerprint density at radius 2 is 2.21 bits per heavy atom. The van der Waals surface area contributed by atoms with Crippen LogP contribution in [0.25, 0.3) is 11.0 Å². The molecule has 1 aliphatic carbocycles. The first-order valence-electron chi connectivity index (χ1n) is 6.49. The number of nitrogens with zero attached hydrogens (tertiary/aromatic N) is 1. The maximum atomic E-state index is 13.6. The highest BCUT2D eigenvalue weighted by Gasteiger charge is 2.36. The largest absolute Gasteiger partial charge is 0.330 e. The summed E-state index contributed by atoms with van der Waals surface area (Å²) in [7, 11) is 0. The number of aromatic nitrogens is 2. The average Bonchev–Trinajstić information content (AvgIpc) is 2.79. The molecule has 0 aliphatic heterocycles. The summed E-state index contributed by atoms with van der Waals surface area (Å²) in [5, 5.41) is 0. The van der Waals surface area contributed by atoms with E-state index < -0.39 is 0 Å². The van der Waals surface area contributed by atoms with E-state index in [9.17, 15) is 4.39 Å². The Morgan fingerprint density at radius 1 is 1.47 bits per heavy atom. The van der Waals surface area contributed by atoms with E-state index in [-0.39, 0.29) is 11.2 Å². The number of rotatable bonds is 1. The molecule has 1 N–H and O–H groups in total. The van der Waals surface area contributed by atoms with E-state index in [4.69, 9.17) is 12.2 Å². The summed E-state index contributed by atoms with van der Waals surface area (Å²) in [4.78, 5) is 3.13. The van der Waals surface area contributed by atoms with Crippen LogP contribution >= 0.6 is 28.1 Å². The van der Waals surface area contributed by atoms with Crippen molar-refractivity contribution in [3.05, 3.63) is 27.2 Å². The van der Waals surface area contributed by atoms with Crippen molar-refractivity contribution < 1.29 is 4.39 Å². The molecule has 0 bridgehead atoms. The van der Waals surface area contributed by atoms with Gasteiger partial charge < -0.3 is 9.55 Å². The third kappa shape index (κ3) is 2.07. The summed E-state index contributed by atoms with van der Waals surface area (Å²) in [5.74, 6) is -0.262. The Kier molecular flexibility index (Phi) is 3.09. The topological polar surface area (TPSA) is 20.7 Å². The van der Waals surface area contributed by atoms with E-state index in [1.165, 1.54) is 18.9 Å². The maximum Gasteiger partial charge on any atom is 0.178 e. The van der Waals surface area contributed by atoms with Gasteiger partial charge in [0.1, 0.15) is 5.82 Å². The first kappa shape index (κ1) is 13.3. The smallest absolute Gasteiger partial charge is 0.178 e. The number of hydrogen-bond acceptors (Lipinski definition) is 1. The van der Waals surface area contributed by atoms with Gasteiger partial charge in [-0.2, -0.15) is 0 Å². The van der Waals surface area contributed by atoms with Crippen molar-refractivity contribution in [1.29, 1.82) is 0 Å². The summed E-state index contributed by atoms with van der Waals surface area (Å²) in [6.07, 6.45) is 3.55. The third-order valence-corrected chi connectivity index (χ3v) is 5.18. The summed E-state index contributed by atoms with van der Waals surface area (Å²) < 4.78 is 16.9. The second-order valence-corrected chi connectivity index (χ2v) is 7.22. The molecule has 1 aromatic heterocycles. The lowest BCUT2D eigenvalue weighted by molar-refractivity contribution is 0.264. The highest BCUT2D eigenvalue weighted by Crippen LogP contribution is 2.47. The van der Waals surface area contributed by atoms with Gasteiger partial charge in [0, 0.05) is 12.1 Å². The molecule has 1 saturated carbocycles. The number of halogens is 2. The summed E-state index contributed by atoms with van der Waals surface area (Å²) in [6, 6.07) is 3.71. The Labute approximate surface area is 125 Å². The van der Waals surface area contributed by atoms with E-state index >= 15 is 0 Å². The van der Waals surface area contributed by atoms with E-state index in [1.54, 1.807) is 0 Å². The van der Waals surface area contributed by atoms with Gasteiger partial charge in [0.15, 0.2) is 4.77 Å². The Morgan fingerprint density at radius 3 is 2.84 bits per heavy atom. The lowest BCUT2D eigenvalue weighted by Crippen LogP contribution is -2.21. The van der Waals surface area contributed by atoms with Crippen LogP contribution < -0.4 is 0 Å². The minimum Gasteiger partial charge on any atom is -0.330 e. The highest BCUT2D eigenvalue weighted by molar-refractivity contribution is 9.10. The molecule has 0 saturated heterocycles. The monoisotopic (exact) mass is 342 g/mol. The van der Waals surface area contributed by atoms with Crippen LogP contribution in [0.3, 0.4) is 0 Å². The Bertz CT molecular complexity index is 701. The molecular formula is C14H16BrFN2S. The predicted octanol–water partition coefficient (Wildman–Crippen LogP) is 5.35. The van der Waals surface area contributed by atoms with Crippen LogP contribution in [0.15, 0.2) is 16.6 Å². The lowest BCUT2D eigenvalue weighted by atomic mass is 9.87. The van der Waals surface area contributed by atoms with E-state index in [2.05, 4.69) is 39.3 Å². The molecule has 2 nitrogen and oxygen atoms in total. The van der Waals surface area contributed by atoms with Crippen LogP contribution in [-0.4, -0.2) is 9.55 Å². The molecule has 1 heterocycles. The van der Waals surface area contributed by atoms with Crippen molar-refractivity contribution in [2.45, 2.75) is 39.2 Å². The fraction of sp³-hybridized carbons (Fsp3) is 0.500. The Balaban J connectivity index is 2.26. The van der Waals surface area contributed by atoms with Gasteiger partial charge >= 0.3 is 0 Å². The number of imidazole rings is 1. The van der Waals surface area contributed by atoms with Gasteiger partial charge in [0.05, 0.1) is 15.5 Å². The molecule has 1 unspecified atom stereocenters. The van der Waals surface area contributed by atoms with Crippen molar-refractivity contribution in [3.8, 4) is 0 Å². The number of H-pyrrole nitrogens is 1. The molecule has 1 aromatic carbocycles. The molecule has 0 amide bonds. The van der Waals surface area contributed by atoms with Gasteiger partial charge in [-0.1, -0.05) is 20.3 Å². The SMILES string of the molecule is CC1(C)CCCC1n1c(=S)[nH]c2cc(F)c(Br)cc21. The van der Waals surface area contributed by atoms with Crippen molar-refractivity contribution in [2.24, 2.45) is 5.41 Å². The van der Waals surface area contributed by atoms with Gasteiger partial charge in [-0.25, -0.2) is 4.39 Å². The number of aromatic amines is 1. The van der Waals surface area contributed by atoms with Gasteiger partial charge in [0.2, 0.25) is 0 Å². The molecule has 2 aromatic rings. The van der Waals surface area contributed by atoms with Crippen LogP contribution in [0.4, 0.5) is 4.39 Å². The zero-order chi connectivity index (χ0) is 13.8. The zero-order valence-corrected chi connectivity index (χ0v) is 13.4. The Hall–Kier alpha value is -0.680. The van der Waals surface area contributed by atoms with Gasteiger partial charge in [0.25, 0.3) is 0 Å². The molecule has 0 spiro atoms. The van der Waals surface area contributed by atoms with Crippen molar-refractivity contribution in [1.82, 2.24) is 9.55 Å². The van der Waals surface area contributed by atoms with Gasteiger partial charge in [-0.15, -0.1) is 0 Å². The molecule has 19 heavy (non-hydrogen) atoms. The number of hydrogen-bond donors (Lipinski definition) is 1. The van der Waals surface area contributed by atoms with Crippen molar-refractivity contribution >= 4 is 39.2 Å². The fourth-order valence-corrected chi connectivity index (χ4v) is 3.88. The fourth-order valence-electron chi connectivity index (χ4n) is 3.22. The van der Waals surface area contributed by atoms with Crippen LogP contribution in [0.2, 0.25) is 0 Å². The number of fused-ring (bicyclic) bond motifs is 1. The van der Waals surface area contributed by atoms with Crippen LogP contribution in [-0.2, 0) is 0 Å². The maximum absolute atomic E-state index is 13.6. The average molecular weight is 343 g/mol. The normalized spacial score (nSPS) is 22.2. The summed E-state index contributed by atoms with van der Waals surface area (Å²) in [6.45, 7) is 4.56. The lowest BCUT2D eigenvalue weighted by Gasteiger charge is -2.28. The molecule has 1 fully saturated rings. The third-order valence-electron chi connectivity index (χ3n) is 4.27. The first-order chi connectivity index (χ1) is 8.90. The summed E-state index contributed by atoms with van der Waals surface area (Å²) in [5.41, 5.74) is 1.99. The minimum atomic E-state index is -0.262. The molecular weight excluding hydrogens is 327 g/mol. The quantitative estimate of drug-likeness (QED) is 0.692. The number of benzene rings is 1. The molecule has 5 heteroatoms.